The first-order valence-corrected chi connectivity index (χ1v) is 23.6. The maximum Gasteiger partial charge on any atom is 0.305 e. The molecule has 0 aromatic carbocycles. The van der Waals surface area contributed by atoms with Crippen LogP contribution in [-0.4, -0.2) is 38.4 Å². The van der Waals surface area contributed by atoms with Gasteiger partial charge < -0.3 is 14.2 Å². The molecule has 0 aromatic rings. The molecule has 0 spiro atoms. The van der Waals surface area contributed by atoms with Crippen molar-refractivity contribution >= 4 is 11.9 Å². The van der Waals surface area contributed by atoms with Gasteiger partial charge in [0, 0.05) is 20.0 Å². The van der Waals surface area contributed by atoms with Crippen LogP contribution in [0, 0.1) is 0 Å². The molecule has 55 heavy (non-hydrogen) atoms. The van der Waals surface area contributed by atoms with Crippen molar-refractivity contribution in [2.45, 2.75) is 238 Å². The van der Waals surface area contributed by atoms with Gasteiger partial charge in [0.1, 0.15) is 0 Å². The standard InChI is InChI=1S/C50H90O5/c1-4-6-8-10-12-14-16-18-20-22-24-26-28-30-38-44-49(51)54-46-40-34-32-36-42-48(53-3)43-37-33-35-41-47-55-50(52)45-39-31-29-27-25-23-21-19-17-15-13-11-9-7-5-2/h12-15,18-21,48H,4-11,16-17,22-47H2,1-3H3/b14-12-,15-13-,20-18-,21-19-. The SMILES string of the molecule is CCCCC/C=C\C/C=C\CCCCCCCC(=O)OCCCCCCC(CCCCCCOC(=O)CCCCCCC/C=C\C/C=C\CCCCC)OC. The Morgan fingerprint density at radius 1 is 0.400 bits per heavy atom. The van der Waals surface area contributed by atoms with Crippen molar-refractivity contribution < 1.29 is 23.8 Å². The van der Waals surface area contributed by atoms with E-state index in [0.717, 1.165) is 116 Å². The number of hydrogen-bond acceptors (Lipinski definition) is 5. The summed E-state index contributed by atoms with van der Waals surface area (Å²) in [5.74, 6) is -0.0635. The van der Waals surface area contributed by atoms with Crippen molar-refractivity contribution in [3.8, 4) is 0 Å². The summed E-state index contributed by atoms with van der Waals surface area (Å²) in [5, 5.41) is 0. The average Bonchev–Trinajstić information content (AvgIpc) is 3.19. The van der Waals surface area contributed by atoms with Gasteiger partial charge in [-0.15, -0.1) is 0 Å². The summed E-state index contributed by atoms with van der Waals surface area (Å²) in [7, 11) is 1.83. The highest BCUT2D eigenvalue weighted by atomic mass is 16.5. The van der Waals surface area contributed by atoms with E-state index in [9.17, 15) is 9.59 Å². The zero-order valence-electron chi connectivity index (χ0n) is 36.7. The van der Waals surface area contributed by atoms with E-state index in [-0.39, 0.29) is 11.9 Å². The van der Waals surface area contributed by atoms with Crippen LogP contribution in [0.3, 0.4) is 0 Å². The number of esters is 2. The van der Waals surface area contributed by atoms with Gasteiger partial charge in [0.25, 0.3) is 0 Å². The molecule has 0 aliphatic heterocycles. The quantitative estimate of drug-likeness (QED) is 0.0351. The molecule has 0 radical (unpaired) electrons. The van der Waals surface area contributed by atoms with Crippen LogP contribution in [0.2, 0.25) is 0 Å². The Morgan fingerprint density at radius 3 is 1.11 bits per heavy atom. The van der Waals surface area contributed by atoms with Gasteiger partial charge in [-0.1, -0.05) is 165 Å². The van der Waals surface area contributed by atoms with Gasteiger partial charge in [-0.2, -0.15) is 0 Å². The third kappa shape index (κ3) is 44.4. The summed E-state index contributed by atoms with van der Waals surface area (Å²) in [6.45, 7) is 5.60. The van der Waals surface area contributed by atoms with Crippen molar-refractivity contribution in [1.82, 2.24) is 0 Å². The van der Waals surface area contributed by atoms with Gasteiger partial charge >= 0.3 is 11.9 Å². The molecule has 0 aliphatic rings. The second-order valence-electron chi connectivity index (χ2n) is 15.7. The molecule has 0 heterocycles. The Balaban J connectivity index is 3.48. The summed E-state index contributed by atoms with van der Waals surface area (Å²) >= 11 is 0. The van der Waals surface area contributed by atoms with E-state index >= 15 is 0 Å². The van der Waals surface area contributed by atoms with E-state index in [0.29, 0.717) is 32.2 Å². The molecule has 0 bridgehead atoms. The van der Waals surface area contributed by atoms with E-state index in [1.807, 2.05) is 7.11 Å². The second kappa shape index (κ2) is 46.2. The number of allylic oxidation sites excluding steroid dienone is 8. The predicted molar refractivity (Wildman–Crippen MR) is 238 cm³/mol. The van der Waals surface area contributed by atoms with Crippen LogP contribution in [0.15, 0.2) is 48.6 Å². The summed E-state index contributed by atoms with van der Waals surface area (Å²) in [6.07, 6.45) is 57.0. The number of ether oxygens (including phenoxy) is 3. The monoisotopic (exact) mass is 771 g/mol. The minimum atomic E-state index is -0.0318. The fourth-order valence-corrected chi connectivity index (χ4v) is 6.71. The zero-order chi connectivity index (χ0) is 40.0. The molecule has 0 saturated carbocycles. The third-order valence-corrected chi connectivity index (χ3v) is 10.4. The van der Waals surface area contributed by atoms with E-state index in [4.69, 9.17) is 14.2 Å². The Hall–Kier alpha value is -2.14. The van der Waals surface area contributed by atoms with Gasteiger partial charge in [0.15, 0.2) is 0 Å². The van der Waals surface area contributed by atoms with Gasteiger partial charge in [-0.3, -0.25) is 9.59 Å². The first-order chi connectivity index (χ1) is 27.1. The van der Waals surface area contributed by atoms with E-state index < -0.39 is 0 Å². The zero-order valence-corrected chi connectivity index (χ0v) is 36.7. The van der Waals surface area contributed by atoms with E-state index in [2.05, 4.69) is 62.5 Å². The normalized spacial score (nSPS) is 12.1. The van der Waals surface area contributed by atoms with Crippen LogP contribution in [0.25, 0.3) is 0 Å². The number of hydrogen-bond donors (Lipinski definition) is 0. The summed E-state index contributed by atoms with van der Waals surface area (Å²) in [4.78, 5) is 24.1. The summed E-state index contributed by atoms with van der Waals surface area (Å²) in [5.41, 5.74) is 0. The molecule has 0 saturated heterocycles. The smallest absolute Gasteiger partial charge is 0.305 e. The van der Waals surface area contributed by atoms with Crippen molar-refractivity contribution in [3.05, 3.63) is 48.6 Å². The highest BCUT2D eigenvalue weighted by Gasteiger charge is 2.08. The van der Waals surface area contributed by atoms with Gasteiger partial charge in [-0.05, 0) is 103 Å². The molecule has 0 unspecified atom stereocenters. The highest BCUT2D eigenvalue weighted by Crippen LogP contribution is 2.16. The first kappa shape index (κ1) is 52.9. The summed E-state index contributed by atoms with van der Waals surface area (Å²) < 4.78 is 16.7. The van der Waals surface area contributed by atoms with Crippen LogP contribution in [0.4, 0.5) is 0 Å². The Labute approximate surface area is 342 Å². The van der Waals surface area contributed by atoms with Crippen molar-refractivity contribution in [3.63, 3.8) is 0 Å². The molecule has 320 valence electrons. The Kier molecular flexibility index (Phi) is 44.4. The molecule has 0 fully saturated rings. The lowest BCUT2D eigenvalue weighted by Crippen LogP contribution is -2.10. The maximum absolute atomic E-state index is 12.1. The van der Waals surface area contributed by atoms with E-state index in [1.54, 1.807) is 0 Å². The topological polar surface area (TPSA) is 61.8 Å². The lowest BCUT2D eigenvalue weighted by molar-refractivity contribution is -0.144. The largest absolute Gasteiger partial charge is 0.466 e. The second-order valence-corrected chi connectivity index (χ2v) is 15.7. The van der Waals surface area contributed by atoms with E-state index in [1.165, 1.54) is 89.9 Å². The van der Waals surface area contributed by atoms with Gasteiger partial charge in [0.2, 0.25) is 0 Å². The van der Waals surface area contributed by atoms with Crippen molar-refractivity contribution in [1.29, 1.82) is 0 Å². The minimum absolute atomic E-state index is 0.0318. The van der Waals surface area contributed by atoms with Gasteiger partial charge in [0.05, 0.1) is 19.3 Å². The highest BCUT2D eigenvalue weighted by molar-refractivity contribution is 5.69. The minimum Gasteiger partial charge on any atom is -0.466 e. The predicted octanol–water partition coefficient (Wildman–Crippen LogP) is 15.6. The Morgan fingerprint density at radius 2 is 0.727 bits per heavy atom. The lowest BCUT2D eigenvalue weighted by atomic mass is 10.0. The molecular weight excluding hydrogens is 681 g/mol. The molecule has 0 aromatic heterocycles. The number of methoxy groups -OCH3 is 1. The number of unbranched alkanes of at least 4 members (excludes halogenated alkanes) is 22. The van der Waals surface area contributed by atoms with Crippen LogP contribution in [-0.2, 0) is 23.8 Å². The fraction of sp³-hybridized carbons (Fsp3) is 0.800. The molecule has 0 N–H and O–H groups in total. The molecular formula is C50H90O5. The maximum atomic E-state index is 12.1. The van der Waals surface area contributed by atoms with Crippen LogP contribution >= 0.6 is 0 Å². The van der Waals surface area contributed by atoms with Crippen molar-refractivity contribution in [2.75, 3.05) is 20.3 Å². The fourth-order valence-electron chi connectivity index (χ4n) is 6.71. The Bertz CT molecular complexity index is 847. The lowest BCUT2D eigenvalue weighted by Gasteiger charge is -2.15. The molecule has 0 rings (SSSR count). The van der Waals surface area contributed by atoms with Crippen LogP contribution < -0.4 is 0 Å². The van der Waals surface area contributed by atoms with Crippen molar-refractivity contribution in [2.24, 2.45) is 0 Å². The van der Waals surface area contributed by atoms with Crippen LogP contribution in [0.1, 0.15) is 232 Å². The third-order valence-electron chi connectivity index (χ3n) is 10.4. The number of rotatable bonds is 43. The van der Waals surface area contributed by atoms with Gasteiger partial charge in [-0.25, -0.2) is 0 Å². The number of carbonyl (C=O) groups is 2. The molecule has 0 atom stereocenters. The molecule has 5 nitrogen and oxygen atoms in total. The summed E-state index contributed by atoms with van der Waals surface area (Å²) in [6, 6.07) is 0. The van der Waals surface area contributed by atoms with Crippen LogP contribution in [0.5, 0.6) is 0 Å². The molecule has 0 amide bonds. The number of carbonyl (C=O) groups excluding carboxylic acids is 2. The first-order valence-electron chi connectivity index (χ1n) is 23.6. The molecule has 5 heteroatoms. The molecule has 0 aliphatic carbocycles. The average molecular weight is 771 g/mol.